The van der Waals surface area contributed by atoms with Crippen molar-refractivity contribution >= 4 is 22.6 Å². The minimum absolute atomic E-state index is 0.0325. The summed E-state index contributed by atoms with van der Waals surface area (Å²) >= 11 is 0. The lowest BCUT2D eigenvalue weighted by atomic mass is 9.87. The number of rotatable bonds is 7. The molecule has 1 aliphatic carbocycles. The van der Waals surface area contributed by atoms with E-state index in [0.29, 0.717) is 35.2 Å². The molecule has 0 spiro atoms. The number of halogens is 3. The number of piperazine rings is 1. The second kappa shape index (κ2) is 12.2. The third-order valence-electron chi connectivity index (χ3n) is 10.1. The number of nitrogens with zero attached hydrogens (tertiary/aromatic N) is 7. The minimum atomic E-state index is -1.09. The first-order valence-corrected chi connectivity index (χ1v) is 16.0. The molecule has 7 rings (SSSR count). The van der Waals surface area contributed by atoms with Crippen LogP contribution in [0.5, 0.6) is 6.01 Å². The largest absolute Gasteiger partial charge is 0.461 e. The van der Waals surface area contributed by atoms with Gasteiger partial charge in [-0.2, -0.15) is 15.2 Å². The van der Waals surface area contributed by atoms with Crippen LogP contribution in [-0.4, -0.2) is 87.7 Å². The summed E-state index contributed by atoms with van der Waals surface area (Å²) in [5.74, 6) is -1.99. The molecule has 3 aliphatic heterocycles. The number of hydrogen-bond donors (Lipinski definition) is 0. The Morgan fingerprint density at radius 3 is 2.78 bits per heavy atom. The fourth-order valence-electron chi connectivity index (χ4n) is 7.91. The molecule has 0 bridgehead atoms. The van der Waals surface area contributed by atoms with Crippen molar-refractivity contribution in [3.8, 4) is 23.2 Å². The Balaban J connectivity index is 1.29. The minimum Gasteiger partial charge on any atom is -0.461 e. The molecule has 1 amide bonds. The van der Waals surface area contributed by atoms with E-state index in [4.69, 9.17) is 14.7 Å². The van der Waals surface area contributed by atoms with Crippen LogP contribution in [0.25, 0.3) is 22.0 Å². The summed E-state index contributed by atoms with van der Waals surface area (Å²) in [6.07, 6.45) is 8.64. The lowest BCUT2D eigenvalue weighted by molar-refractivity contribution is -0.131. The Morgan fingerprint density at radius 1 is 1.11 bits per heavy atom. The maximum atomic E-state index is 16.1. The fraction of sp³-hybridized carbons (Fsp3) is 0.500. The Kier molecular flexibility index (Phi) is 8.05. The van der Waals surface area contributed by atoms with Crippen LogP contribution >= 0.6 is 0 Å². The molecule has 3 atom stereocenters. The van der Waals surface area contributed by atoms with Gasteiger partial charge in [0.25, 0.3) is 5.91 Å². The van der Waals surface area contributed by atoms with Crippen molar-refractivity contribution in [2.45, 2.75) is 69.1 Å². The van der Waals surface area contributed by atoms with Crippen molar-refractivity contribution in [1.29, 1.82) is 5.26 Å². The fourth-order valence-corrected chi connectivity index (χ4v) is 7.91. The summed E-state index contributed by atoms with van der Waals surface area (Å²) in [6, 6.07) is 4.67. The molecule has 3 fully saturated rings. The number of amides is 1. The average Bonchev–Trinajstić information content (AvgIpc) is 3.58. The second-order valence-corrected chi connectivity index (χ2v) is 12.9. The van der Waals surface area contributed by atoms with E-state index in [9.17, 15) is 18.8 Å². The van der Waals surface area contributed by atoms with Crippen molar-refractivity contribution < 1.29 is 22.7 Å². The average molecular weight is 632 g/mol. The SMILES string of the molecule is C=C(F)C(=O)N1CCN(c2nc(OCC34CCCN3C[C@H](F)C4)nc3cc(-c4cncc5c4CCCC5)c(F)cc23)C[C@@H]1CC#N. The summed E-state index contributed by atoms with van der Waals surface area (Å²) in [6.45, 7) is 5.11. The topological polar surface area (TPSA) is 98.5 Å². The Morgan fingerprint density at radius 2 is 1.96 bits per heavy atom. The summed E-state index contributed by atoms with van der Waals surface area (Å²) < 4.78 is 50.7. The van der Waals surface area contributed by atoms with Crippen LogP contribution in [0.15, 0.2) is 36.9 Å². The number of benzene rings is 1. The molecule has 2 aromatic heterocycles. The van der Waals surface area contributed by atoms with E-state index in [1.165, 1.54) is 11.0 Å². The number of pyridine rings is 1. The molecule has 3 saturated heterocycles. The number of hydrogen-bond acceptors (Lipinski definition) is 8. The molecule has 240 valence electrons. The molecule has 4 aliphatic rings. The normalized spacial score (nSPS) is 24.5. The predicted octanol–water partition coefficient (Wildman–Crippen LogP) is 5.08. The number of fused-ring (bicyclic) bond motifs is 3. The van der Waals surface area contributed by atoms with Gasteiger partial charge < -0.3 is 14.5 Å². The van der Waals surface area contributed by atoms with Crippen LogP contribution in [0.2, 0.25) is 0 Å². The van der Waals surface area contributed by atoms with Crippen molar-refractivity contribution in [2.24, 2.45) is 0 Å². The van der Waals surface area contributed by atoms with Crippen LogP contribution in [-0.2, 0) is 17.6 Å². The predicted molar refractivity (Wildman–Crippen MR) is 166 cm³/mol. The van der Waals surface area contributed by atoms with Gasteiger partial charge in [0.1, 0.15) is 24.4 Å². The van der Waals surface area contributed by atoms with Gasteiger partial charge in [0.05, 0.1) is 29.6 Å². The summed E-state index contributed by atoms with van der Waals surface area (Å²) in [5, 5.41) is 9.95. The van der Waals surface area contributed by atoms with E-state index in [2.05, 4.69) is 22.5 Å². The zero-order valence-electron chi connectivity index (χ0n) is 25.7. The van der Waals surface area contributed by atoms with Gasteiger partial charge in [-0.1, -0.05) is 6.58 Å². The van der Waals surface area contributed by atoms with Crippen LogP contribution < -0.4 is 9.64 Å². The molecular weight excluding hydrogens is 595 g/mol. The molecule has 0 saturated carbocycles. The second-order valence-electron chi connectivity index (χ2n) is 12.9. The molecule has 1 aromatic carbocycles. The van der Waals surface area contributed by atoms with Crippen molar-refractivity contribution in [2.75, 3.05) is 44.2 Å². The number of alkyl halides is 1. The molecule has 12 heteroatoms. The van der Waals surface area contributed by atoms with E-state index in [-0.39, 0.29) is 38.7 Å². The van der Waals surface area contributed by atoms with Gasteiger partial charge in [-0.15, -0.1) is 0 Å². The number of anilines is 1. The Bertz CT molecular complexity index is 1750. The standard InChI is InChI=1S/C34H36F3N7O2/c1-21(35)32(45)44-12-11-42(19-24(44)7-9-38)31-27-13-29(37)26(28-17-39-16-22-5-2-3-6-25(22)28)14-30(27)40-33(41-31)46-20-34-8-4-10-43(34)18-23(36)15-34/h13-14,16-17,23-24H,1-8,10-12,15,18-20H2/t23-,24+,34?/m1/s1. The molecule has 46 heavy (non-hydrogen) atoms. The number of carbonyl (C=O) groups excluding carboxylic acids is 1. The first-order valence-electron chi connectivity index (χ1n) is 16.0. The van der Waals surface area contributed by atoms with Gasteiger partial charge in [-0.05, 0) is 68.3 Å². The van der Waals surface area contributed by atoms with Gasteiger partial charge >= 0.3 is 6.01 Å². The molecule has 5 heterocycles. The third kappa shape index (κ3) is 5.44. The summed E-state index contributed by atoms with van der Waals surface area (Å²) in [7, 11) is 0. The lowest BCUT2D eigenvalue weighted by Crippen LogP contribution is -2.55. The van der Waals surface area contributed by atoms with Gasteiger partial charge in [-0.3, -0.25) is 14.7 Å². The molecular formula is C34H36F3N7O2. The molecule has 3 aromatic rings. The number of aryl methyl sites for hydroxylation is 1. The van der Waals surface area contributed by atoms with Gasteiger partial charge in [0, 0.05) is 61.5 Å². The van der Waals surface area contributed by atoms with Crippen molar-refractivity contribution in [3.63, 3.8) is 0 Å². The van der Waals surface area contributed by atoms with E-state index in [1.54, 1.807) is 12.3 Å². The molecule has 0 radical (unpaired) electrons. The maximum Gasteiger partial charge on any atom is 0.319 e. The van der Waals surface area contributed by atoms with Crippen LogP contribution in [0.1, 0.15) is 49.7 Å². The Labute approximate surface area is 265 Å². The maximum absolute atomic E-state index is 16.1. The third-order valence-corrected chi connectivity index (χ3v) is 10.1. The number of ether oxygens (including phenoxy) is 1. The monoisotopic (exact) mass is 631 g/mol. The van der Waals surface area contributed by atoms with Crippen LogP contribution in [0.3, 0.4) is 0 Å². The zero-order valence-corrected chi connectivity index (χ0v) is 25.7. The van der Waals surface area contributed by atoms with Gasteiger partial charge in [-0.25, -0.2) is 13.2 Å². The van der Waals surface area contributed by atoms with Crippen molar-refractivity contribution in [3.05, 3.63) is 53.9 Å². The Hall–Kier alpha value is -4.24. The van der Waals surface area contributed by atoms with E-state index in [1.807, 2.05) is 11.1 Å². The summed E-state index contributed by atoms with van der Waals surface area (Å²) in [4.78, 5) is 31.8. The van der Waals surface area contributed by atoms with Crippen molar-refractivity contribution in [1.82, 2.24) is 24.8 Å². The summed E-state index contributed by atoms with van der Waals surface area (Å²) in [5.41, 5.74) is 3.41. The molecule has 0 N–H and O–H groups in total. The number of nitriles is 1. The van der Waals surface area contributed by atoms with Crippen LogP contribution in [0, 0.1) is 17.1 Å². The number of carbonyl (C=O) groups is 1. The highest BCUT2D eigenvalue weighted by Gasteiger charge is 2.49. The smallest absolute Gasteiger partial charge is 0.319 e. The van der Waals surface area contributed by atoms with E-state index < -0.39 is 35.3 Å². The number of aromatic nitrogens is 3. The van der Waals surface area contributed by atoms with Gasteiger partial charge in [0.2, 0.25) is 0 Å². The highest BCUT2D eigenvalue weighted by Crippen LogP contribution is 2.41. The molecule has 1 unspecified atom stereocenters. The first kappa shape index (κ1) is 30.4. The quantitative estimate of drug-likeness (QED) is 0.333. The first-order chi connectivity index (χ1) is 22.3. The van der Waals surface area contributed by atoms with Crippen LogP contribution in [0.4, 0.5) is 19.0 Å². The van der Waals surface area contributed by atoms with E-state index >= 15 is 4.39 Å². The lowest BCUT2D eigenvalue weighted by Gasteiger charge is -2.41. The zero-order chi connectivity index (χ0) is 32.0. The highest BCUT2D eigenvalue weighted by atomic mass is 19.1. The highest BCUT2D eigenvalue weighted by molar-refractivity contribution is 5.94. The molecule has 9 nitrogen and oxygen atoms in total. The van der Waals surface area contributed by atoms with E-state index in [0.717, 1.165) is 61.8 Å². The van der Waals surface area contributed by atoms with Gasteiger partial charge in [0.15, 0.2) is 5.83 Å².